The Kier molecular flexibility index (Phi) is 4.98. The Balaban J connectivity index is 2.16. The average Bonchev–Trinajstić information content (AvgIpc) is 2.79. The third-order valence-corrected chi connectivity index (χ3v) is 3.73. The standard InChI is InChI=1S/C16H24N4O/c1-12-15(11-20(3)18-12)16(9-17)19(2)10-13-6-5-7-14(8-13)21-4/h5-8,11,16H,9-10,17H2,1-4H3. The van der Waals surface area contributed by atoms with Gasteiger partial charge in [-0.1, -0.05) is 12.1 Å². The molecule has 1 aromatic carbocycles. The van der Waals surface area contributed by atoms with E-state index in [0.29, 0.717) is 6.54 Å². The lowest BCUT2D eigenvalue weighted by molar-refractivity contribution is 0.240. The lowest BCUT2D eigenvalue weighted by atomic mass is 10.1. The Morgan fingerprint density at radius 1 is 1.43 bits per heavy atom. The van der Waals surface area contributed by atoms with E-state index in [-0.39, 0.29) is 6.04 Å². The SMILES string of the molecule is COc1cccc(CN(C)C(CN)c2cn(C)nc2C)c1. The highest BCUT2D eigenvalue weighted by Crippen LogP contribution is 2.23. The topological polar surface area (TPSA) is 56.3 Å². The van der Waals surface area contributed by atoms with Crippen molar-refractivity contribution in [1.82, 2.24) is 14.7 Å². The van der Waals surface area contributed by atoms with Gasteiger partial charge < -0.3 is 10.5 Å². The van der Waals surface area contributed by atoms with Gasteiger partial charge in [0.05, 0.1) is 18.8 Å². The molecule has 0 aliphatic rings. The van der Waals surface area contributed by atoms with Crippen LogP contribution in [-0.4, -0.2) is 35.4 Å². The molecule has 1 heterocycles. The van der Waals surface area contributed by atoms with Crippen molar-refractivity contribution in [3.05, 3.63) is 47.3 Å². The molecule has 2 N–H and O–H groups in total. The summed E-state index contributed by atoms with van der Waals surface area (Å²) in [5.74, 6) is 0.878. The minimum absolute atomic E-state index is 0.157. The molecule has 1 aromatic heterocycles. The van der Waals surface area contributed by atoms with Gasteiger partial charge in [0.15, 0.2) is 0 Å². The summed E-state index contributed by atoms with van der Waals surface area (Å²) < 4.78 is 7.11. The smallest absolute Gasteiger partial charge is 0.119 e. The minimum Gasteiger partial charge on any atom is -0.497 e. The van der Waals surface area contributed by atoms with Gasteiger partial charge in [0.1, 0.15) is 5.75 Å². The highest BCUT2D eigenvalue weighted by atomic mass is 16.5. The van der Waals surface area contributed by atoms with Gasteiger partial charge in [0.25, 0.3) is 0 Å². The maximum atomic E-state index is 5.99. The van der Waals surface area contributed by atoms with Crippen LogP contribution in [0, 0.1) is 6.92 Å². The summed E-state index contributed by atoms with van der Waals surface area (Å²) in [5, 5.41) is 4.41. The monoisotopic (exact) mass is 288 g/mol. The molecule has 0 aliphatic carbocycles. The fourth-order valence-electron chi connectivity index (χ4n) is 2.66. The van der Waals surface area contributed by atoms with E-state index < -0.39 is 0 Å². The summed E-state index contributed by atoms with van der Waals surface area (Å²) in [6, 6.07) is 8.28. The van der Waals surface area contributed by atoms with E-state index in [1.165, 1.54) is 11.1 Å². The van der Waals surface area contributed by atoms with Crippen molar-refractivity contribution >= 4 is 0 Å². The second kappa shape index (κ2) is 6.74. The van der Waals surface area contributed by atoms with E-state index in [4.69, 9.17) is 10.5 Å². The second-order valence-electron chi connectivity index (χ2n) is 5.36. The first kappa shape index (κ1) is 15.5. The van der Waals surface area contributed by atoms with E-state index in [2.05, 4.69) is 35.4 Å². The molecule has 2 rings (SSSR count). The molecule has 0 saturated carbocycles. The van der Waals surface area contributed by atoms with E-state index in [1.807, 2.05) is 30.8 Å². The van der Waals surface area contributed by atoms with Gasteiger partial charge in [-0.15, -0.1) is 0 Å². The summed E-state index contributed by atoms with van der Waals surface area (Å²) in [4.78, 5) is 2.25. The molecular weight excluding hydrogens is 264 g/mol. The molecule has 1 unspecified atom stereocenters. The molecule has 0 bridgehead atoms. The molecule has 0 aliphatic heterocycles. The quantitative estimate of drug-likeness (QED) is 0.881. The van der Waals surface area contributed by atoms with Crippen LogP contribution in [0.2, 0.25) is 0 Å². The van der Waals surface area contributed by atoms with Crippen molar-refractivity contribution in [2.45, 2.75) is 19.5 Å². The predicted molar refractivity (Wildman–Crippen MR) is 84.2 cm³/mol. The normalized spacial score (nSPS) is 12.7. The van der Waals surface area contributed by atoms with E-state index in [0.717, 1.165) is 18.0 Å². The van der Waals surface area contributed by atoms with Crippen LogP contribution in [-0.2, 0) is 13.6 Å². The first-order valence-electron chi connectivity index (χ1n) is 7.08. The zero-order valence-corrected chi connectivity index (χ0v) is 13.2. The Labute approximate surface area is 126 Å². The van der Waals surface area contributed by atoms with Gasteiger partial charge >= 0.3 is 0 Å². The van der Waals surface area contributed by atoms with Crippen LogP contribution in [0.1, 0.15) is 22.9 Å². The maximum absolute atomic E-state index is 5.99. The third-order valence-electron chi connectivity index (χ3n) is 3.73. The number of likely N-dealkylation sites (N-methyl/N-ethyl adjacent to an activating group) is 1. The molecule has 1 atom stereocenters. The Morgan fingerprint density at radius 2 is 2.19 bits per heavy atom. The van der Waals surface area contributed by atoms with Crippen molar-refractivity contribution in [3.63, 3.8) is 0 Å². The number of nitrogens with zero attached hydrogens (tertiary/aromatic N) is 3. The molecule has 0 spiro atoms. The van der Waals surface area contributed by atoms with Crippen molar-refractivity contribution in [2.24, 2.45) is 12.8 Å². The first-order valence-corrected chi connectivity index (χ1v) is 7.08. The number of nitrogens with two attached hydrogens (primary N) is 1. The number of benzene rings is 1. The highest BCUT2D eigenvalue weighted by molar-refractivity contribution is 5.29. The fourth-order valence-corrected chi connectivity index (χ4v) is 2.66. The van der Waals surface area contributed by atoms with Crippen molar-refractivity contribution in [1.29, 1.82) is 0 Å². The summed E-state index contributed by atoms with van der Waals surface area (Å²) in [7, 11) is 5.71. The molecule has 5 heteroatoms. The summed E-state index contributed by atoms with van der Waals surface area (Å²) in [6.07, 6.45) is 2.05. The largest absolute Gasteiger partial charge is 0.497 e. The zero-order valence-electron chi connectivity index (χ0n) is 13.2. The van der Waals surface area contributed by atoms with Gasteiger partial charge in [-0.3, -0.25) is 9.58 Å². The van der Waals surface area contributed by atoms with Crippen molar-refractivity contribution in [2.75, 3.05) is 20.7 Å². The van der Waals surface area contributed by atoms with E-state index in [9.17, 15) is 0 Å². The molecule has 114 valence electrons. The predicted octanol–water partition coefficient (Wildman–Crippen LogP) is 1.87. The molecule has 0 radical (unpaired) electrons. The van der Waals surface area contributed by atoms with E-state index >= 15 is 0 Å². The molecule has 5 nitrogen and oxygen atoms in total. The Bertz CT molecular complexity index is 594. The first-order chi connectivity index (χ1) is 10.0. The van der Waals surface area contributed by atoms with Crippen LogP contribution in [0.5, 0.6) is 5.75 Å². The van der Waals surface area contributed by atoms with Gasteiger partial charge in [-0.2, -0.15) is 5.10 Å². The van der Waals surface area contributed by atoms with Crippen molar-refractivity contribution < 1.29 is 4.74 Å². The number of aromatic nitrogens is 2. The van der Waals surface area contributed by atoms with Gasteiger partial charge in [-0.05, 0) is 31.7 Å². The number of hydrogen-bond acceptors (Lipinski definition) is 4. The number of methoxy groups -OCH3 is 1. The van der Waals surface area contributed by atoms with Gasteiger partial charge in [-0.25, -0.2) is 0 Å². The number of ether oxygens (including phenoxy) is 1. The summed E-state index contributed by atoms with van der Waals surface area (Å²) in [6.45, 7) is 3.40. The summed E-state index contributed by atoms with van der Waals surface area (Å²) in [5.41, 5.74) is 9.41. The van der Waals surface area contributed by atoms with Crippen LogP contribution in [0.4, 0.5) is 0 Å². The van der Waals surface area contributed by atoms with E-state index in [1.54, 1.807) is 7.11 Å². The van der Waals surface area contributed by atoms with Gasteiger partial charge in [0.2, 0.25) is 0 Å². The number of hydrogen-bond donors (Lipinski definition) is 1. The van der Waals surface area contributed by atoms with Crippen LogP contribution in [0.15, 0.2) is 30.5 Å². The van der Waals surface area contributed by atoms with Crippen LogP contribution in [0.3, 0.4) is 0 Å². The molecule has 21 heavy (non-hydrogen) atoms. The highest BCUT2D eigenvalue weighted by Gasteiger charge is 2.19. The van der Waals surface area contributed by atoms with Crippen molar-refractivity contribution in [3.8, 4) is 5.75 Å². The number of aryl methyl sites for hydroxylation is 2. The Hall–Kier alpha value is -1.85. The maximum Gasteiger partial charge on any atom is 0.119 e. The second-order valence-corrected chi connectivity index (χ2v) is 5.36. The molecule has 0 saturated heterocycles. The number of rotatable bonds is 6. The minimum atomic E-state index is 0.157. The third kappa shape index (κ3) is 3.62. The zero-order chi connectivity index (χ0) is 15.4. The summed E-state index contributed by atoms with van der Waals surface area (Å²) >= 11 is 0. The molecule has 0 amide bonds. The van der Waals surface area contributed by atoms with Gasteiger partial charge in [0, 0.05) is 31.9 Å². The Morgan fingerprint density at radius 3 is 2.76 bits per heavy atom. The molecule has 0 fully saturated rings. The average molecular weight is 288 g/mol. The lowest BCUT2D eigenvalue weighted by Gasteiger charge is -2.27. The van der Waals surface area contributed by atoms with Crippen LogP contribution >= 0.6 is 0 Å². The fraction of sp³-hybridized carbons (Fsp3) is 0.438. The van der Waals surface area contributed by atoms with Crippen LogP contribution < -0.4 is 10.5 Å². The van der Waals surface area contributed by atoms with Crippen LogP contribution in [0.25, 0.3) is 0 Å². The molecule has 2 aromatic rings. The lowest BCUT2D eigenvalue weighted by Crippen LogP contribution is -2.30. The molecular formula is C16H24N4O.